The Hall–Kier alpha value is -9.13. The predicted octanol–water partition coefficient (Wildman–Crippen LogP) is 15.8. The van der Waals surface area contributed by atoms with Crippen LogP contribution in [-0.4, -0.2) is 24.9 Å². The molecule has 6 nitrogen and oxygen atoms in total. The van der Waals surface area contributed by atoms with Crippen LogP contribution in [0.2, 0.25) is 0 Å². The Morgan fingerprint density at radius 3 is 1.24 bits per heavy atom. The van der Waals surface area contributed by atoms with Crippen molar-refractivity contribution >= 4 is 17.1 Å². The fourth-order valence-corrected chi connectivity index (χ4v) is 8.80. The molecule has 0 aliphatic heterocycles. The van der Waals surface area contributed by atoms with Crippen LogP contribution in [0.25, 0.3) is 89.8 Å². The highest BCUT2D eigenvalue weighted by Crippen LogP contribution is 2.44. The molecule has 0 amide bonds. The van der Waals surface area contributed by atoms with E-state index in [-0.39, 0.29) is 0 Å². The third-order valence-electron chi connectivity index (χ3n) is 12.2. The Morgan fingerprint density at radius 1 is 0.294 bits per heavy atom. The van der Waals surface area contributed by atoms with E-state index in [4.69, 9.17) is 15.0 Å². The summed E-state index contributed by atoms with van der Waals surface area (Å²) in [4.78, 5) is 26.7. The maximum absolute atomic E-state index is 5.22. The van der Waals surface area contributed by atoms with Crippen LogP contribution in [0.3, 0.4) is 0 Å². The van der Waals surface area contributed by atoms with E-state index in [1.807, 2.05) is 36.7 Å². The number of pyridine rings is 2. The Kier molecular flexibility index (Phi) is 11.5. The van der Waals surface area contributed by atoms with Crippen LogP contribution >= 0.6 is 0 Å². The van der Waals surface area contributed by atoms with Gasteiger partial charge in [0.25, 0.3) is 0 Å². The van der Waals surface area contributed by atoms with Crippen LogP contribution < -0.4 is 4.90 Å². The first-order valence-electron chi connectivity index (χ1n) is 22.7. The fourth-order valence-electron chi connectivity index (χ4n) is 8.80. The van der Waals surface area contributed by atoms with Crippen LogP contribution in [0.5, 0.6) is 0 Å². The van der Waals surface area contributed by atoms with Crippen molar-refractivity contribution in [1.29, 1.82) is 0 Å². The largest absolute Gasteiger partial charge is 0.310 e. The molecular formula is C62H44N6. The molecule has 0 spiro atoms. The molecule has 0 atom stereocenters. The first-order chi connectivity index (χ1) is 33.6. The van der Waals surface area contributed by atoms with E-state index >= 15 is 0 Å². The number of nitrogens with zero attached hydrogens (tertiary/aromatic N) is 6. The second-order valence-corrected chi connectivity index (χ2v) is 16.7. The lowest BCUT2D eigenvalue weighted by molar-refractivity contribution is 1.07. The molecule has 0 saturated heterocycles. The highest BCUT2D eigenvalue weighted by molar-refractivity contribution is 5.91. The van der Waals surface area contributed by atoms with Crippen LogP contribution in [0.15, 0.2) is 249 Å². The highest BCUT2D eigenvalue weighted by atomic mass is 15.1. The predicted molar refractivity (Wildman–Crippen MR) is 278 cm³/mol. The van der Waals surface area contributed by atoms with Gasteiger partial charge >= 0.3 is 0 Å². The normalized spacial score (nSPS) is 11.0. The summed E-state index contributed by atoms with van der Waals surface area (Å²) in [5.74, 6) is 1.73. The molecule has 0 aliphatic carbocycles. The Morgan fingerprint density at radius 2 is 0.706 bits per heavy atom. The Balaban J connectivity index is 1.04. The molecule has 322 valence electrons. The zero-order valence-electron chi connectivity index (χ0n) is 37.4. The molecule has 0 radical (unpaired) electrons. The van der Waals surface area contributed by atoms with Crippen molar-refractivity contribution in [1.82, 2.24) is 24.9 Å². The second-order valence-electron chi connectivity index (χ2n) is 16.7. The molecule has 0 saturated carbocycles. The summed E-state index contributed by atoms with van der Waals surface area (Å²) in [5, 5.41) is 0. The Bertz CT molecular complexity index is 3410. The van der Waals surface area contributed by atoms with E-state index in [0.29, 0.717) is 17.5 Å². The third-order valence-corrected chi connectivity index (χ3v) is 12.2. The average Bonchev–Trinajstić information content (AvgIpc) is 3.42. The summed E-state index contributed by atoms with van der Waals surface area (Å²) in [6.45, 7) is 2.20. The van der Waals surface area contributed by atoms with Crippen molar-refractivity contribution in [2.75, 3.05) is 4.90 Å². The number of aryl methyl sites for hydroxylation is 1. The fraction of sp³-hybridized carbons (Fsp3) is 0.0161. The maximum Gasteiger partial charge on any atom is 0.164 e. The molecule has 0 unspecified atom stereocenters. The van der Waals surface area contributed by atoms with Gasteiger partial charge in [-0.05, 0) is 112 Å². The SMILES string of the molecule is Cc1cc(-c2ccccc2)ccc1N(c1ccc(-c2ccccc2)cc1)c1ccccc1-c1cccc(-c2nc(-c3cccc(-c4cccnc4)c3)nc(-c3cccc(-c4cccnc4)c3)n2)c1. The smallest absolute Gasteiger partial charge is 0.164 e. The zero-order valence-corrected chi connectivity index (χ0v) is 37.4. The molecule has 11 aromatic rings. The van der Waals surface area contributed by atoms with Gasteiger partial charge in [0.1, 0.15) is 0 Å². The minimum Gasteiger partial charge on any atom is -0.310 e. The lowest BCUT2D eigenvalue weighted by Gasteiger charge is -2.29. The van der Waals surface area contributed by atoms with E-state index < -0.39 is 0 Å². The zero-order chi connectivity index (χ0) is 45.7. The van der Waals surface area contributed by atoms with Crippen molar-refractivity contribution in [2.24, 2.45) is 0 Å². The molecule has 68 heavy (non-hydrogen) atoms. The number of aromatic nitrogens is 5. The van der Waals surface area contributed by atoms with Gasteiger partial charge in [0, 0.05) is 69.5 Å². The molecule has 3 aromatic heterocycles. The highest BCUT2D eigenvalue weighted by Gasteiger charge is 2.21. The number of hydrogen-bond donors (Lipinski definition) is 0. The van der Waals surface area contributed by atoms with Crippen LogP contribution in [0.4, 0.5) is 17.1 Å². The standard InChI is InChI=1S/C62H44N6/c1-43-37-49(45-17-6-3-7-18-45)31-34-58(43)68(56-32-29-46(30-33-56)44-15-4-2-5-16-44)59-28-9-8-27-57(59)50-21-12-24-53(40-50)62-66-60(51-22-10-19-47(38-51)54-25-13-35-63-41-54)65-61(67-62)52-23-11-20-48(39-52)55-26-14-36-64-42-55/h2-42H,1H3. The molecule has 6 heteroatoms. The molecule has 0 aliphatic rings. The summed E-state index contributed by atoms with van der Waals surface area (Å²) in [6, 6.07) is 78.5. The monoisotopic (exact) mass is 872 g/mol. The molecule has 0 fully saturated rings. The topological polar surface area (TPSA) is 67.7 Å². The van der Waals surface area contributed by atoms with Crippen molar-refractivity contribution in [3.63, 3.8) is 0 Å². The number of anilines is 3. The van der Waals surface area contributed by atoms with Crippen LogP contribution in [0.1, 0.15) is 5.56 Å². The van der Waals surface area contributed by atoms with Crippen LogP contribution in [-0.2, 0) is 0 Å². The van der Waals surface area contributed by atoms with E-state index in [1.54, 1.807) is 12.4 Å². The molecule has 0 N–H and O–H groups in total. The van der Waals surface area contributed by atoms with E-state index in [9.17, 15) is 0 Å². The minimum absolute atomic E-state index is 0.573. The van der Waals surface area contributed by atoms with Crippen molar-refractivity contribution < 1.29 is 0 Å². The van der Waals surface area contributed by atoms with Gasteiger partial charge in [0.2, 0.25) is 0 Å². The minimum atomic E-state index is 0.573. The quantitative estimate of drug-likeness (QED) is 0.129. The first kappa shape index (κ1) is 41.6. The van der Waals surface area contributed by atoms with Gasteiger partial charge < -0.3 is 4.90 Å². The first-order valence-corrected chi connectivity index (χ1v) is 22.7. The third kappa shape index (κ3) is 8.70. The van der Waals surface area contributed by atoms with Crippen molar-refractivity contribution in [3.05, 3.63) is 255 Å². The average molecular weight is 873 g/mol. The van der Waals surface area contributed by atoms with Gasteiger partial charge in [-0.3, -0.25) is 9.97 Å². The van der Waals surface area contributed by atoms with Crippen LogP contribution in [0, 0.1) is 6.92 Å². The van der Waals surface area contributed by atoms with Gasteiger partial charge in [0.15, 0.2) is 17.5 Å². The summed E-state index contributed by atoms with van der Waals surface area (Å²) in [6.07, 6.45) is 7.32. The lowest BCUT2D eigenvalue weighted by Crippen LogP contribution is -2.12. The van der Waals surface area contributed by atoms with Gasteiger partial charge in [-0.15, -0.1) is 0 Å². The van der Waals surface area contributed by atoms with E-state index in [2.05, 4.69) is 222 Å². The molecule has 3 heterocycles. The number of rotatable bonds is 11. The summed E-state index contributed by atoms with van der Waals surface area (Å²) in [5.41, 5.74) is 17.9. The Labute approximate surface area is 396 Å². The van der Waals surface area contributed by atoms with Crippen molar-refractivity contribution in [2.45, 2.75) is 6.92 Å². The van der Waals surface area contributed by atoms with Gasteiger partial charge in [0.05, 0.1) is 5.69 Å². The molecule has 0 bridgehead atoms. The van der Waals surface area contributed by atoms with Gasteiger partial charge in [-0.25, -0.2) is 15.0 Å². The molecular weight excluding hydrogens is 829 g/mol. The number of para-hydroxylation sites is 1. The molecule has 8 aromatic carbocycles. The van der Waals surface area contributed by atoms with Gasteiger partial charge in [-0.1, -0.05) is 164 Å². The molecule has 11 rings (SSSR count). The second kappa shape index (κ2) is 18.8. The van der Waals surface area contributed by atoms with E-state index in [1.165, 1.54) is 16.7 Å². The summed E-state index contributed by atoms with van der Waals surface area (Å²) in [7, 11) is 0. The lowest BCUT2D eigenvalue weighted by atomic mass is 9.97. The number of benzene rings is 8. The van der Waals surface area contributed by atoms with Crippen molar-refractivity contribution in [3.8, 4) is 89.8 Å². The maximum atomic E-state index is 5.22. The number of hydrogen-bond acceptors (Lipinski definition) is 6. The summed E-state index contributed by atoms with van der Waals surface area (Å²) < 4.78 is 0. The van der Waals surface area contributed by atoms with E-state index in [0.717, 1.165) is 78.3 Å². The van der Waals surface area contributed by atoms with Gasteiger partial charge in [-0.2, -0.15) is 0 Å². The summed E-state index contributed by atoms with van der Waals surface area (Å²) >= 11 is 0.